The van der Waals surface area contributed by atoms with Crippen molar-refractivity contribution in [3.05, 3.63) is 41.1 Å². The summed E-state index contributed by atoms with van der Waals surface area (Å²) in [6.45, 7) is 1.76. The highest BCUT2D eigenvalue weighted by molar-refractivity contribution is 5.95. The minimum Gasteiger partial charge on any atom is -0.381 e. The Hall–Kier alpha value is -2.39. The smallest absolute Gasteiger partial charge is 0.381 e. The molecule has 0 radical (unpaired) electrons. The maximum Gasteiger partial charge on any atom is 0.416 e. The average Bonchev–Trinajstić information content (AvgIpc) is 3.44. The molecular formula is C23H28F3N3O3. The molecule has 1 amide bonds. The van der Waals surface area contributed by atoms with Crippen molar-refractivity contribution in [2.45, 2.75) is 63.3 Å². The molecule has 6 nitrogen and oxygen atoms in total. The highest BCUT2D eigenvalue weighted by Gasteiger charge is 2.32. The summed E-state index contributed by atoms with van der Waals surface area (Å²) < 4.78 is 49.9. The Balaban J connectivity index is 1.62. The summed E-state index contributed by atoms with van der Waals surface area (Å²) in [4.78, 5) is 15.1. The predicted octanol–water partition coefficient (Wildman–Crippen LogP) is 4.64. The van der Waals surface area contributed by atoms with Crippen molar-refractivity contribution < 1.29 is 27.2 Å². The van der Waals surface area contributed by atoms with Crippen molar-refractivity contribution in [1.82, 2.24) is 15.4 Å². The van der Waals surface area contributed by atoms with Crippen LogP contribution >= 0.6 is 0 Å². The van der Waals surface area contributed by atoms with Crippen molar-refractivity contribution in [3.63, 3.8) is 0 Å². The van der Waals surface area contributed by atoms with Gasteiger partial charge in [-0.05, 0) is 44.9 Å². The van der Waals surface area contributed by atoms with Crippen LogP contribution in [0.4, 0.5) is 13.2 Å². The van der Waals surface area contributed by atoms with Crippen LogP contribution < -0.4 is 5.32 Å². The molecule has 0 atom stereocenters. The second-order valence-electron chi connectivity index (χ2n) is 8.63. The summed E-state index contributed by atoms with van der Waals surface area (Å²) in [5, 5.41) is 7.08. The average molecular weight is 451 g/mol. The summed E-state index contributed by atoms with van der Waals surface area (Å²) in [5.74, 6) is 0.0309. The molecule has 1 N–H and O–H groups in total. The standard InChI is InChI=1S/C23H28F3N3O3/c1-29(18-10-12-31-13-11-18)14-19-20(22(30)27-17-4-2-3-5-17)28-32-21(19)15-6-8-16(9-7-15)23(24,25)26/h6-9,17-18H,2-5,10-14H2,1H3,(H,27,30). The topological polar surface area (TPSA) is 67.6 Å². The van der Waals surface area contributed by atoms with Gasteiger partial charge in [0.2, 0.25) is 0 Å². The lowest BCUT2D eigenvalue weighted by atomic mass is 10.0. The van der Waals surface area contributed by atoms with Crippen molar-refractivity contribution in [2.75, 3.05) is 20.3 Å². The maximum absolute atomic E-state index is 13.0. The zero-order chi connectivity index (χ0) is 22.7. The molecular weight excluding hydrogens is 423 g/mol. The van der Waals surface area contributed by atoms with E-state index in [-0.39, 0.29) is 23.7 Å². The van der Waals surface area contributed by atoms with E-state index in [4.69, 9.17) is 9.26 Å². The molecule has 1 aromatic carbocycles. The van der Waals surface area contributed by atoms with E-state index in [0.717, 1.165) is 50.7 Å². The first-order valence-corrected chi connectivity index (χ1v) is 11.1. The number of nitrogens with one attached hydrogen (secondary N) is 1. The van der Waals surface area contributed by atoms with Gasteiger partial charge in [0.15, 0.2) is 11.5 Å². The van der Waals surface area contributed by atoms with Gasteiger partial charge in [-0.15, -0.1) is 0 Å². The normalized spacial score (nSPS) is 18.4. The second kappa shape index (κ2) is 9.62. The molecule has 0 bridgehead atoms. The molecule has 1 saturated carbocycles. The van der Waals surface area contributed by atoms with Crippen molar-refractivity contribution in [2.24, 2.45) is 0 Å². The number of alkyl halides is 3. The Morgan fingerprint density at radius 3 is 2.41 bits per heavy atom. The lowest BCUT2D eigenvalue weighted by Gasteiger charge is -2.31. The fourth-order valence-corrected chi connectivity index (χ4v) is 4.50. The number of aromatic nitrogens is 1. The van der Waals surface area contributed by atoms with Gasteiger partial charge in [0, 0.05) is 43.0 Å². The predicted molar refractivity (Wildman–Crippen MR) is 112 cm³/mol. The number of rotatable bonds is 6. The largest absolute Gasteiger partial charge is 0.416 e. The molecule has 32 heavy (non-hydrogen) atoms. The van der Waals surface area contributed by atoms with E-state index >= 15 is 0 Å². The second-order valence-corrected chi connectivity index (χ2v) is 8.63. The van der Waals surface area contributed by atoms with E-state index < -0.39 is 11.7 Å². The van der Waals surface area contributed by atoms with E-state index in [1.165, 1.54) is 12.1 Å². The van der Waals surface area contributed by atoms with E-state index in [2.05, 4.69) is 15.4 Å². The van der Waals surface area contributed by atoms with Gasteiger partial charge in [0.25, 0.3) is 5.91 Å². The minimum atomic E-state index is -4.42. The Morgan fingerprint density at radius 1 is 1.12 bits per heavy atom. The number of ether oxygens (including phenoxy) is 1. The number of benzene rings is 1. The van der Waals surface area contributed by atoms with Crippen molar-refractivity contribution in [3.8, 4) is 11.3 Å². The molecule has 2 fully saturated rings. The molecule has 174 valence electrons. The third kappa shape index (κ3) is 5.15. The minimum absolute atomic E-state index is 0.120. The van der Waals surface area contributed by atoms with Crippen LogP contribution in [0.3, 0.4) is 0 Å². The number of carbonyl (C=O) groups excluding carboxylic acids is 1. The fraction of sp³-hybridized carbons (Fsp3) is 0.565. The van der Waals surface area contributed by atoms with E-state index in [1.807, 2.05) is 7.05 Å². The number of carbonyl (C=O) groups is 1. The van der Waals surface area contributed by atoms with Gasteiger partial charge in [-0.25, -0.2) is 0 Å². The van der Waals surface area contributed by atoms with E-state index in [9.17, 15) is 18.0 Å². The quantitative estimate of drug-likeness (QED) is 0.693. The van der Waals surface area contributed by atoms with Crippen LogP contribution in [0.1, 0.15) is 60.1 Å². The Kier molecular flexibility index (Phi) is 6.85. The number of hydrogen-bond donors (Lipinski definition) is 1. The molecule has 0 unspecified atom stereocenters. The van der Waals surface area contributed by atoms with Gasteiger partial charge in [-0.1, -0.05) is 30.1 Å². The SMILES string of the molecule is CN(Cc1c(C(=O)NC2CCCC2)noc1-c1ccc(C(F)(F)F)cc1)C1CCOCC1. The van der Waals surface area contributed by atoms with Gasteiger partial charge in [-0.2, -0.15) is 13.2 Å². The summed E-state index contributed by atoms with van der Waals surface area (Å²) in [7, 11) is 1.97. The summed E-state index contributed by atoms with van der Waals surface area (Å²) in [5.41, 5.74) is 0.515. The maximum atomic E-state index is 13.0. The van der Waals surface area contributed by atoms with E-state index in [0.29, 0.717) is 36.6 Å². The van der Waals surface area contributed by atoms with Crippen LogP contribution in [0.5, 0.6) is 0 Å². The zero-order valence-corrected chi connectivity index (χ0v) is 18.1. The molecule has 2 aliphatic rings. The van der Waals surface area contributed by atoms with Crippen molar-refractivity contribution >= 4 is 5.91 Å². The summed E-state index contributed by atoms with van der Waals surface area (Å²) >= 11 is 0. The van der Waals surface area contributed by atoms with Crippen LogP contribution in [-0.4, -0.2) is 48.3 Å². The van der Waals surface area contributed by atoms with Crippen LogP contribution in [0, 0.1) is 0 Å². The zero-order valence-electron chi connectivity index (χ0n) is 18.1. The van der Waals surface area contributed by atoms with Gasteiger partial charge < -0.3 is 14.6 Å². The molecule has 4 rings (SSSR count). The van der Waals surface area contributed by atoms with Crippen LogP contribution in [0.25, 0.3) is 11.3 Å². The third-order valence-corrected chi connectivity index (χ3v) is 6.39. The highest BCUT2D eigenvalue weighted by atomic mass is 19.4. The lowest BCUT2D eigenvalue weighted by Crippen LogP contribution is -2.37. The Labute approximate surface area is 185 Å². The van der Waals surface area contributed by atoms with Crippen LogP contribution in [0.2, 0.25) is 0 Å². The Morgan fingerprint density at radius 2 is 1.78 bits per heavy atom. The van der Waals surface area contributed by atoms with Gasteiger partial charge in [0.05, 0.1) is 5.56 Å². The molecule has 9 heteroatoms. The number of halogens is 3. The Bertz CT molecular complexity index is 915. The molecule has 1 aliphatic heterocycles. The summed E-state index contributed by atoms with van der Waals surface area (Å²) in [6, 6.07) is 5.16. The summed E-state index contributed by atoms with van der Waals surface area (Å²) in [6.07, 6.45) is 1.37. The molecule has 1 saturated heterocycles. The third-order valence-electron chi connectivity index (χ3n) is 6.39. The molecule has 1 aliphatic carbocycles. The van der Waals surface area contributed by atoms with Gasteiger partial charge >= 0.3 is 6.18 Å². The molecule has 0 spiro atoms. The molecule has 2 heterocycles. The molecule has 1 aromatic heterocycles. The van der Waals surface area contributed by atoms with Gasteiger partial charge in [-0.3, -0.25) is 9.69 Å². The van der Waals surface area contributed by atoms with Gasteiger partial charge in [0.1, 0.15) is 0 Å². The lowest BCUT2D eigenvalue weighted by molar-refractivity contribution is -0.137. The first-order valence-electron chi connectivity index (χ1n) is 11.1. The number of amides is 1. The monoisotopic (exact) mass is 451 g/mol. The first-order chi connectivity index (χ1) is 15.3. The van der Waals surface area contributed by atoms with E-state index in [1.54, 1.807) is 0 Å². The fourth-order valence-electron chi connectivity index (χ4n) is 4.50. The first kappa shape index (κ1) is 22.8. The van der Waals surface area contributed by atoms with Crippen LogP contribution in [-0.2, 0) is 17.5 Å². The number of nitrogens with zero attached hydrogens (tertiary/aromatic N) is 2. The number of hydrogen-bond acceptors (Lipinski definition) is 5. The molecule has 2 aromatic rings. The van der Waals surface area contributed by atoms with Crippen LogP contribution in [0.15, 0.2) is 28.8 Å². The van der Waals surface area contributed by atoms with Crippen molar-refractivity contribution in [1.29, 1.82) is 0 Å². The highest BCUT2D eigenvalue weighted by Crippen LogP contribution is 2.33.